The molecule has 6 nitrogen and oxygen atoms in total. The van der Waals surface area contributed by atoms with E-state index >= 15 is 0 Å². The van der Waals surface area contributed by atoms with Gasteiger partial charge in [0.1, 0.15) is 0 Å². The Morgan fingerprint density at radius 3 is 3.10 bits per heavy atom. The Hall–Kier alpha value is 0.00390. The van der Waals surface area contributed by atoms with Crippen LogP contribution in [0.15, 0.2) is 6.33 Å². The van der Waals surface area contributed by atoms with Gasteiger partial charge in [0, 0.05) is 72.3 Å². The molecule has 21 heavy (non-hydrogen) atoms. The number of imidazole rings is 1. The molecule has 0 amide bonds. The molecule has 1 fully saturated rings. The van der Waals surface area contributed by atoms with Gasteiger partial charge in [0.25, 0.3) is 0 Å². The van der Waals surface area contributed by atoms with Crippen molar-refractivity contribution >= 4 is 20.6 Å². The average molecular weight is 384 g/mol. The fourth-order valence-electron chi connectivity index (χ4n) is 3.13. The van der Waals surface area contributed by atoms with E-state index in [0.717, 1.165) is 29.7 Å². The predicted molar refractivity (Wildman–Crippen MR) is 76.9 cm³/mol. The van der Waals surface area contributed by atoms with E-state index in [1.54, 1.807) is 6.33 Å². The van der Waals surface area contributed by atoms with Crippen molar-refractivity contribution in [3.8, 4) is 0 Å². The molecule has 111 valence electrons. The molecule has 0 aromatic carbocycles. The molecule has 1 saturated carbocycles. The zero-order valence-electron chi connectivity index (χ0n) is 12.9. The second kappa shape index (κ2) is 7.52. The van der Waals surface area contributed by atoms with Crippen LogP contribution in [0, 0.1) is 25.1 Å². The van der Waals surface area contributed by atoms with Crippen LogP contribution in [0.4, 0.5) is 0 Å². The van der Waals surface area contributed by atoms with Crippen LogP contribution in [0.3, 0.4) is 0 Å². The number of fused-ring (bicyclic) bond motifs is 1. The minimum absolute atomic E-state index is 0. The number of aliphatic hydroxyl groups is 1. The minimum Gasteiger partial charge on any atom is -0.396 e. The Balaban J connectivity index is 0.00000176. The van der Waals surface area contributed by atoms with Gasteiger partial charge in [0.05, 0.1) is 14.2 Å². The summed E-state index contributed by atoms with van der Waals surface area (Å²) in [7, 11) is -0.253. The molecule has 1 radical (unpaired) electrons. The molecular formula is C13H18N4O2PY-. The molecule has 0 spiro atoms. The molecule has 2 aromatic rings. The van der Waals surface area contributed by atoms with Crippen molar-refractivity contribution < 1.29 is 42.3 Å². The average Bonchev–Trinajstić information content (AvgIpc) is 3.09. The molecule has 1 N–H and O–H groups in total. The third kappa shape index (κ3) is 3.35. The maximum Gasteiger partial charge on any atom is 0.0851 e. The molecule has 1 aliphatic carbocycles. The summed E-state index contributed by atoms with van der Waals surface area (Å²) in [5.41, 5.74) is 2.43. The summed E-state index contributed by atoms with van der Waals surface area (Å²) in [6.45, 7) is 2.59. The van der Waals surface area contributed by atoms with E-state index < -0.39 is 0 Å². The number of hydrogen-bond donors (Lipinski definition) is 1. The van der Waals surface area contributed by atoms with Crippen LogP contribution in [-0.2, 0) is 37.2 Å². The summed E-state index contributed by atoms with van der Waals surface area (Å²) >= 11 is 0. The molecule has 0 saturated heterocycles. The fourth-order valence-corrected chi connectivity index (χ4v) is 3.34. The van der Waals surface area contributed by atoms with Crippen molar-refractivity contribution in [2.45, 2.75) is 25.8 Å². The summed E-state index contributed by atoms with van der Waals surface area (Å²) in [5, 5.41) is 9.55. The second-order valence-corrected chi connectivity index (χ2v) is 5.66. The summed E-state index contributed by atoms with van der Waals surface area (Å²) in [6, 6.07) is 0.248. The normalized spacial score (nSPS) is 26.4. The Labute approximate surface area is 152 Å². The number of aromatic nitrogens is 4. The number of aliphatic hydroxyl groups excluding tert-OH is 1. The standard InChI is InChI=1S/C13H18N4O2P.Y/c1-8-12-13(15-6-14-8)17(7-16-12)11-2-9(4-18)10(3-11)5-19-20;/h7,9-11,18H,2-5,20H2,1H3;/q-1;/t9-,10+,11-;/m1./s1/i20T;/t9-,10+,11-,20?;. The largest absolute Gasteiger partial charge is 0.396 e. The summed E-state index contributed by atoms with van der Waals surface area (Å²) < 4.78 is 14.4. The predicted octanol–water partition coefficient (Wildman–Crippen LogP) is 1.30. The smallest absolute Gasteiger partial charge is 0.0851 e. The van der Waals surface area contributed by atoms with Gasteiger partial charge in [0.2, 0.25) is 0 Å². The van der Waals surface area contributed by atoms with Crippen LogP contribution < -0.4 is 0 Å². The Kier molecular flexibility index (Phi) is 5.68. The number of hydrogen-bond acceptors (Lipinski definition) is 5. The monoisotopic (exact) mass is 384 g/mol. The molecule has 2 aromatic heterocycles. The van der Waals surface area contributed by atoms with Gasteiger partial charge in [-0.2, -0.15) is 0 Å². The third-order valence-corrected chi connectivity index (χ3v) is 4.39. The van der Waals surface area contributed by atoms with E-state index in [-0.39, 0.29) is 66.6 Å². The molecule has 8 heteroatoms. The molecule has 0 bridgehead atoms. The summed E-state index contributed by atoms with van der Waals surface area (Å²) in [6.07, 6.45) is 6.25. The maximum atomic E-state index is 9.55. The van der Waals surface area contributed by atoms with Crippen LogP contribution in [0.1, 0.15) is 24.6 Å². The van der Waals surface area contributed by atoms with Crippen LogP contribution >= 0.6 is 9.41 Å². The molecule has 2 heterocycles. The van der Waals surface area contributed by atoms with Gasteiger partial charge in [-0.1, -0.05) is 6.92 Å². The molecule has 0 aliphatic heterocycles. The van der Waals surface area contributed by atoms with Gasteiger partial charge < -0.3 is 24.2 Å². The van der Waals surface area contributed by atoms with Gasteiger partial charge in [-0.25, -0.2) is 0 Å². The van der Waals surface area contributed by atoms with Gasteiger partial charge in [-0.3, -0.25) is 4.98 Å². The van der Waals surface area contributed by atoms with Crippen LogP contribution in [0.25, 0.3) is 11.2 Å². The van der Waals surface area contributed by atoms with Crippen LogP contribution in [0.5, 0.6) is 0 Å². The van der Waals surface area contributed by atoms with Crippen molar-refractivity contribution in [1.29, 1.82) is 1.28 Å². The Bertz CT molecular complexity index is 629. The van der Waals surface area contributed by atoms with Crippen LogP contribution in [-0.4, -0.2) is 39.1 Å². The first-order valence-corrected chi connectivity index (χ1v) is 7.12. The van der Waals surface area contributed by atoms with Crippen molar-refractivity contribution in [1.82, 2.24) is 19.5 Å². The zero-order valence-corrected chi connectivity index (χ0v) is 15.7. The van der Waals surface area contributed by atoms with Gasteiger partial charge in [-0.15, -0.1) is 0 Å². The van der Waals surface area contributed by atoms with Gasteiger partial charge in [0.15, 0.2) is 0 Å². The first-order chi connectivity index (χ1) is 10.2. The number of nitrogens with zero attached hydrogens (tertiary/aromatic N) is 4. The van der Waals surface area contributed by atoms with E-state index in [9.17, 15) is 5.11 Å². The van der Waals surface area contributed by atoms with Crippen molar-refractivity contribution in [3.63, 3.8) is 0 Å². The quantitative estimate of drug-likeness (QED) is 0.622. The van der Waals surface area contributed by atoms with E-state index in [0.29, 0.717) is 6.61 Å². The van der Waals surface area contributed by atoms with Gasteiger partial charge in [-0.05, 0) is 30.4 Å². The SMILES string of the molecule is [3H]POC[C@@H]1C[C@H](n2cnc3c(C)n[c-]nc32)C[C@@H]1CO.[Y]. The summed E-state index contributed by atoms with van der Waals surface area (Å²) in [5.74, 6) is 0.484. The number of rotatable bonds is 5. The third-order valence-electron chi connectivity index (χ3n) is 4.23. The van der Waals surface area contributed by atoms with E-state index in [1.807, 2.05) is 6.92 Å². The first-order valence-electron chi connectivity index (χ1n) is 7.21. The second-order valence-electron chi connectivity index (χ2n) is 5.37. The summed E-state index contributed by atoms with van der Waals surface area (Å²) in [4.78, 5) is 12.7. The molecule has 3 rings (SSSR count). The molecule has 1 aliphatic rings. The van der Waals surface area contributed by atoms with E-state index in [1.165, 1.54) is 0 Å². The number of aryl methyl sites for hydroxylation is 1. The topological polar surface area (TPSA) is 73.1 Å². The minimum atomic E-state index is -0.253. The molecule has 1 unspecified atom stereocenters. The maximum absolute atomic E-state index is 9.55. The fraction of sp³-hybridized carbons (Fsp3) is 0.615. The molecule has 4 atom stereocenters. The zero-order chi connectivity index (χ0) is 14.8. The Morgan fingerprint density at radius 1 is 1.52 bits per heavy atom. The first kappa shape index (κ1) is 15.9. The molecular weight excluding hydrogens is 364 g/mol. The van der Waals surface area contributed by atoms with Crippen molar-refractivity contribution in [2.24, 2.45) is 11.8 Å². The van der Waals surface area contributed by atoms with Crippen molar-refractivity contribution in [3.05, 3.63) is 18.3 Å². The Morgan fingerprint density at radius 2 is 2.33 bits per heavy atom. The van der Waals surface area contributed by atoms with E-state index in [4.69, 9.17) is 5.80 Å². The van der Waals surface area contributed by atoms with E-state index in [2.05, 4.69) is 25.8 Å². The van der Waals surface area contributed by atoms with Crippen molar-refractivity contribution in [2.75, 3.05) is 13.2 Å². The van der Waals surface area contributed by atoms with Gasteiger partial charge >= 0.3 is 0 Å². The van der Waals surface area contributed by atoms with Crippen LogP contribution in [0.2, 0.25) is 0 Å².